The van der Waals surface area contributed by atoms with Crippen LogP contribution in [0.1, 0.15) is 16.7 Å². The SMILES string of the molecule is Cc1ccc(CCN(C)C2=NC(C)N=C(N(C)C)N2)s1. The average molecular weight is 293 g/mol. The molecule has 0 aromatic carbocycles. The van der Waals surface area contributed by atoms with E-state index in [0.717, 1.165) is 24.9 Å². The number of hydrogen-bond acceptors (Lipinski definition) is 6. The highest BCUT2D eigenvalue weighted by atomic mass is 32.1. The number of nitrogens with zero attached hydrogens (tertiary/aromatic N) is 4. The van der Waals surface area contributed by atoms with Gasteiger partial charge in [0.25, 0.3) is 0 Å². The Morgan fingerprint density at radius 3 is 2.50 bits per heavy atom. The van der Waals surface area contributed by atoms with Gasteiger partial charge in [0.2, 0.25) is 11.9 Å². The minimum atomic E-state index is -0.0323. The normalized spacial score (nSPS) is 18.1. The van der Waals surface area contributed by atoms with Crippen LogP contribution in [0.25, 0.3) is 0 Å². The monoisotopic (exact) mass is 293 g/mol. The number of thiophene rings is 1. The molecule has 110 valence electrons. The summed E-state index contributed by atoms with van der Waals surface area (Å²) in [4.78, 5) is 15.9. The maximum Gasteiger partial charge on any atom is 0.202 e. The van der Waals surface area contributed by atoms with Gasteiger partial charge in [-0.2, -0.15) is 0 Å². The van der Waals surface area contributed by atoms with Crippen LogP contribution < -0.4 is 5.32 Å². The molecule has 0 spiro atoms. The van der Waals surface area contributed by atoms with Gasteiger partial charge >= 0.3 is 0 Å². The Kier molecular flexibility index (Phi) is 4.65. The van der Waals surface area contributed by atoms with Crippen LogP contribution in [0.2, 0.25) is 0 Å². The molecular weight excluding hydrogens is 270 g/mol. The predicted molar refractivity (Wildman–Crippen MR) is 86.5 cm³/mol. The second-order valence-corrected chi connectivity index (χ2v) is 6.61. The van der Waals surface area contributed by atoms with Gasteiger partial charge in [0, 0.05) is 37.4 Å². The zero-order valence-corrected chi connectivity index (χ0v) is 13.7. The van der Waals surface area contributed by atoms with Crippen LogP contribution in [0.15, 0.2) is 22.1 Å². The second-order valence-electron chi connectivity index (χ2n) is 5.24. The van der Waals surface area contributed by atoms with Gasteiger partial charge in [-0.25, -0.2) is 9.98 Å². The molecule has 0 fully saturated rings. The first-order valence-electron chi connectivity index (χ1n) is 6.82. The Bertz CT molecular complexity index is 517. The number of rotatable bonds is 3. The van der Waals surface area contributed by atoms with Gasteiger partial charge in [-0.05, 0) is 32.4 Å². The van der Waals surface area contributed by atoms with E-state index >= 15 is 0 Å². The Morgan fingerprint density at radius 1 is 1.20 bits per heavy atom. The molecule has 0 radical (unpaired) electrons. The van der Waals surface area contributed by atoms with Crippen LogP contribution in [0.5, 0.6) is 0 Å². The molecular formula is C14H23N5S. The molecule has 0 amide bonds. The third kappa shape index (κ3) is 3.72. The minimum Gasteiger partial charge on any atom is -0.349 e. The quantitative estimate of drug-likeness (QED) is 0.923. The highest BCUT2D eigenvalue weighted by Crippen LogP contribution is 2.15. The predicted octanol–water partition coefficient (Wildman–Crippen LogP) is 1.75. The molecule has 20 heavy (non-hydrogen) atoms. The van der Waals surface area contributed by atoms with Crippen LogP contribution in [-0.4, -0.2) is 55.6 Å². The molecule has 0 aliphatic carbocycles. The van der Waals surface area contributed by atoms with Gasteiger partial charge in [-0.1, -0.05) is 0 Å². The molecule has 0 saturated carbocycles. The lowest BCUT2D eigenvalue weighted by molar-refractivity contribution is 0.478. The van der Waals surface area contributed by atoms with Crippen LogP contribution in [0.3, 0.4) is 0 Å². The fraction of sp³-hybridized carbons (Fsp3) is 0.571. The molecule has 1 aliphatic heterocycles. The molecule has 0 saturated heterocycles. The molecule has 1 unspecified atom stereocenters. The summed E-state index contributed by atoms with van der Waals surface area (Å²) in [5.74, 6) is 1.76. The first kappa shape index (κ1) is 14.8. The van der Waals surface area contributed by atoms with E-state index in [1.807, 2.05) is 37.3 Å². The first-order chi connectivity index (χ1) is 9.45. The lowest BCUT2D eigenvalue weighted by atomic mass is 10.3. The van der Waals surface area contributed by atoms with Crippen LogP contribution in [0.4, 0.5) is 0 Å². The highest BCUT2D eigenvalue weighted by Gasteiger charge is 2.17. The van der Waals surface area contributed by atoms with Gasteiger partial charge in [0.15, 0.2) is 0 Å². The number of likely N-dealkylation sites (N-methyl/N-ethyl adjacent to an activating group) is 1. The van der Waals surface area contributed by atoms with Gasteiger partial charge in [-0.15, -0.1) is 11.3 Å². The number of aryl methyl sites for hydroxylation is 1. The zero-order valence-electron chi connectivity index (χ0n) is 12.8. The molecule has 2 heterocycles. The summed E-state index contributed by atoms with van der Waals surface area (Å²) in [5, 5.41) is 3.28. The summed E-state index contributed by atoms with van der Waals surface area (Å²) in [6, 6.07) is 4.38. The van der Waals surface area contributed by atoms with Crippen molar-refractivity contribution in [2.75, 3.05) is 27.7 Å². The Hall–Kier alpha value is -1.56. The fourth-order valence-electron chi connectivity index (χ4n) is 1.97. The largest absolute Gasteiger partial charge is 0.349 e. The van der Waals surface area contributed by atoms with E-state index in [0.29, 0.717) is 0 Å². The molecule has 1 aromatic heterocycles. The fourth-order valence-corrected chi connectivity index (χ4v) is 2.85. The van der Waals surface area contributed by atoms with E-state index in [9.17, 15) is 0 Å². The van der Waals surface area contributed by atoms with E-state index in [4.69, 9.17) is 0 Å². The average Bonchev–Trinajstić information content (AvgIpc) is 2.81. The topological polar surface area (TPSA) is 43.2 Å². The number of aliphatic imine (C=N–C) groups is 2. The summed E-state index contributed by atoms with van der Waals surface area (Å²) in [7, 11) is 6.03. The van der Waals surface area contributed by atoms with Crippen molar-refractivity contribution in [3.05, 3.63) is 21.9 Å². The Morgan fingerprint density at radius 2 is 1.90 bits per heavy atom. The van der Waals surface area contributed by atoms with Gasteiger partial charge < -0.3 is 9.80 Å². The van der Waals surface area contributed by atoms with Crippen LogP contribution in [-0.2, 0) is 6.42 Å². The molecule has 1 aliphatic rings. The highest BCUT2D eigenvalue weighted by molar-refractivity contribution is 7.11. The summed E-state index contributed by atoms with van der Waals surface area (Å²) < 4.78 is 0. The summed E-state index contributed by atoms with van der Waals surface area (Å²) in [6.07, 6.45) is 1.01. The van der Waals surface area contributed by atoms with Crippen LogP contribution >= 0.6 is 11.3 Å². The van der Waals surface area contributed by atoms with Crippen molar-refractivity contribution >= 4 is 23.3 Å². The summed E-state index contributed by atoms with van der Waals surface area (Å²) >= 11 is 1.86. The van der Waals surface area contributed by atoms with Crippen molar-refractivity contribution in [1.29, 1.82) is 0 Å². The number of guanidine groups is 2. The molecule has 1 atom stereocenters. The van der Waals surface area contributed by atoms with E-state index in [1.165, 1.54) is 9.75 Å². The lowest BCUT2D eigenvalue weighted by Gasteiger charge is -2.29. The standard InChI is InChI=1S/C14H23N5S/c1-10-6-7-12(20-10)8-9-19(5)14-16-11(2)15-13(17-14)18(3)4/h6-7,11H,8-9H2,1-5H3,(H,15,16,17). The zero-order chi connectivity index (χ0) is 14.7. The molecule has 2 rings (SSSR count). The van der Waals surface area contributed by atoms with Crippen molar-refractivity contribution in [3.8, 4) is 0 Å². The maximum atomic E-state index is 4.55. The maximum absolute atomic E-state index is 4.55. The minimum absolute atomic E-state index is 0.0323. The van der Waals surface area contributed by atoms with Crippen molar-refractivity contribution < 1.29 is 0 Å². The number of nitrogens with one attached hydrogen (secondary N) is 1. The van der Waals surface area contributed by atoms with E-state index in [-0.39, 0.29) is 6.17 Å². The summed E-state index contributed by atoms with van der Waals surface area (Å²) in [5.41, 5.74) is 0. The molecule has 1 aromatic rings. The van der Waals surface area contributed by atoms with E-state index < -0.39 is 0 Å². The molecule has 6 heteroatoms. The van der Waals surface area contributed by atoms with Gasteiger partial charge in [0.1, 0.15) is 6.17 Å². The van der Waals surface area contributed by atoms with Crippen molar-refractivity contribution in [1.82, 2.24) is 15.1 Å². The van der Waals surface area contributed by atoms with Gasteiger partial charge in [0.05, 0.1) is 0 Å². The van der Waals surface area contributed by atoms with Crippen molar-refractivity contribution in [3.63, 3.8) is 0 Å². The van der Waals surface area contributed by atoms with Crippen LogP contribution in [0, 0.1) is 6.92 Å². The number of hydrogen-bond donors (Lipinski definition) is 1. The van der Waals surface area contributed by atoms with Gasteiger partial charge in [-0.3, -0.25) is 5.32 Å². The first-order valence-corrected chi connectivity index (χ1v) is 7.64. The van der Waals surface area contributed by atoms with Crippen molar-refractivity contribution in [2.24, 2.45) is 9.98 Å². The third-order valence-electron chi connectivity index (χ3n) is 3.12. The van der Waals surface area contributed by atoms with E-state index in [2.05, 4.69) is 46.3 Å². The van der Waals surface area contributed by atoms with E-state index in [1.54, 1.807) is 0 Å². The lowest BCUT2D eigenvalue weighted by Crippen LogP contribution is -2.50. The molecule has 1 N–H and O–H groups in total. The molecule has 0 bridgehead atoms. The Labute approximate surface area is 125 Å². The smallest absolute Gasteiger partial charge is 0.202 e. The molecule has 5 nitrogen and oxygen atoms in total. The second kappa shape index (κ2) is 6.26. The summed E-state index contributed by atoms with van der Waals surface area (Å²) in [6.45, 7) is 5.09. The Balaban J connectivity index is 1.94. The van der Waals surface area contributed by atoms with Crippen molar-refractivity contribution in [2.45, 2.75) is 26.4 Å². The third-order valence-corrected chi connectivity index (χ3v) is 4.18.